The van der Waals surface area contributed by atoms with E-state index in [1.54, 1.807) is 35.5 Å². The number of nitriles is 1. The van der Waals surface area contributed by atoms with Crippen molar-refractivity contribution in [3.63, 3.8) is 0 Å². The number of hydrogen-bond acceptors (Lipinski definition) is 5. The number of rotatable bonds is 6. The first kappa shape index (κ1) is 24.4. The molecule has 1 aliphatic heterocycles. The molecule has 0 radical (unpaired) electrons. The van der Waals surface area contributed by atoms with Crippen LogP contribution in [0.5, 0.6) is 0 Å². The SMILES string of the molecule is C#C/C(=C\C=C(/C)C(=C)N=Cc1ncc(-c2ccccc2C#N)n1C)C(=O)N1CCN(C)CC1. The van der Waals surface area contributed by atoms with Crippen LogP contribution in [-0.4, -0.2) is 64.7 Å². The lowest BCUT2D eigenvalue weighted by molar-refractivity contribution is -0.128. The molecule has 7 nitrogen and oxygen atoms in total. The second-order valence-corrected chi connectivity index (χ2v) is 8.09. The molecule has 1 aromatic heterocycles. The van der Waals surface area contributed by atoms with Gasteiger partial charge in [-0.15, -0.1) is 6.42 Å². The van der Waals surface area contributed by atoms with Crippen molar-refractivity contribution >= 4 is 12.1 Å². The van der Waals surface area contributed by atoms with Crippen LogP contribution in [0.4, 0.5) is 0 Å². The van der Waals surface area contributed by atoms with Gasteiger partial charge in [-0.25, -0.2) is 4.98 Å². The number of hydrogen-bond donors (Lipinski definition) is 0. The summed E-state index contributed by atoms with van der Waals surface area (Å²) in [6.07, 6.45) is 12.4. The number of aromatic nitrogens is 2. The van der Waals surface area contributed by atoms with E-state index >= 15 is 0 Å². The van der Waals surface area contributed by atoms with Gasteiger partial charge in [-0.1, -0.05) is 36.8 Å². The highest BCUT2D eigenvalue weighted by atomic mass is 16.2. The molecule has 0 unspecified atom stereocenters. The van der Waals surface area contributed by atoms with Crippen LogP contribution in [-0.2, 0) is 11.8 Å². The molecule has 0 spiro atoms. The lowest BCUT2D eigenvalue weighted by atomic mass is 10.1. The third kappa shape index (κ3) is 5.58. The minimum atomic E-state index is -0.132. The minimum absolute atomic E-state index is 0.132. The van der Waals surface area contributed by atoms with Crippen LogP contribution in [0.3, 0.4) is 0 Å². The standard InChI is InChI=1S/C27H28N6O/c1-6-22(27(34)33-15-13-31(4)14-16-33)12-11-20(2)21(3)29-19-26-30-18-25(32(26)5)24-10-8-7-9-23(24)17-28/h1,7-12,18-19H,3,13-16H2,2,4-5H3/b20-11+,22-12+,29-19?. The van der Waals surface area contributed by atoms with Gasteiger partial charge in [0.25, 0.3) is 5.91 Å². The molecule has 3 rings (SSSR count). The van der Waals surface area contributed by atoms with Gasteiger partial charge in [0.1, 0.15) is 0 Å². The molecular weight excluding hydrogens is 424 g/mol. The molecule has 1 fully saturated rings. The van der Waals surface area contributed by atoms with Crippen molar-refractivity contribution in [2.75, 3.05) is 33.2 Å². The quantitative estimate of drug-likeness (QED) is 0.292. The van der Waals surface area contributed by atoms with E-state index in [4.69, 9.17) is 6.42 Å². The monoisotopic (exact) mass is 452 g/mol. The fraction of sp³-hybridized carbons (Fsp3) is 0.259. The van der Waals surface area contributed by atoms with Crippen LogP contribution in [0.15, 0.2) is 71.0 Å². The summed E-state index contributed by atoms with van der Waals surface area (Å²) in [5.41, 5.74) is 3.83. The lowest BCUT2D eigenvalue weighted by Gasteiger charge is -2.32. The molecule has 2 aromatic rings. The lowest BCUT2D eigenvalue weighted by Crippen LogP contribution is -2.47. The predicted molar refractivity (Wildman–Crippen MR) is 135 cm³/mol. The molecule has 0 aliphatic carbocycles. The van der Waals surface area contributed by atoms with Crippen molar-refractivity contribution in [2.45, 2.75) is 6.92 Å². The topological polar surface area (TPSA) is 77.5 Å². The minimum Gasteiger partial charge on any atom is -0.336 e. The van der Waals surface area contributed by atoms with Crippen LogP contribution in [0.1, 0.15) is 18.3 Å². The van der Waals surface area contributed by atoms with Crippen molar-refractivity contribution in [3.05, 3.63) is 77.4 Å². The Hall–Kier alpha value is -4.20. The number of allylic oxidation sites excluding steroid dienone is 3. The van der Waals surface area contributed by atoms with Crippen molar-refractivity contribution in [1.29, 1.82) is 5.26 Å². The first-order chi connectivity index (χ1) is 16.3. The van der Waals surface area contributed by atoms with E-state index < -0.39 is 0 Å². The molecule has 1 saturated heterocycles. The van der Waals surface area contributed by atoms with Crippen LogP contribution in [0.25, 0.3) is 11.3 Å². The Balaban J connectivity index is 1.72. The maximum absolute atomic E-state index is 12.7. The van der Waals surface area contributed by atoms with E-state index in [9.17, 15) is 10.1 Å². The number of likely N-dealkylation sites (N-methyl/N-ethyl adjacent to an activating group) is 1. The van der Waals surface area contributed by atoms with Crippen molar-refractivity contribution in [1.82, 2.24) is 19.4 Å². The van der Waals surface area contributed by atoms with Gasteiger partial charge in [0.05, 0.1) is 41.0 Å². The fourth-order valence-electron chi connectivity index (χ4n) is 3.50. The maximum Gasteiger partial charge on any atom is 0.262 e. The number of nitrogens with zero attached hydrogens (tertiary/aromatic N) is 6. The summed E-state index contributed by atoms with van der Waals surface area (Å²) in [5, 5.41) is 9.37. The van der Waals surface area contributed by atoms with E-state index in [0.717, 1.165) is 29.9 Å². The molecular formula is C27H28N6O. The summed E-state index contributed by atoms with van der Waals surface area (Å²) in [7, 11) is 3.91. The number of aliphatic imine (C=N–C) groups is 1. The molecule has 172 valence electrons. The van der Waals surface area contributed by atoms with Gasteiger partial charge in [-0.3, -0.25) is 9.79 Å². The predicted octanol–water partition coefficient (Wildman–Crippen LogP) is 3.17. The first-order valence-corrected chi connectivity index (χ1v) is 10.9. The number of piperazine rings is 1. The van der Waals surface area contributed by atoms with E-state index in [2.05, 4.69) is 33.4 Å². The van der Waals surface area contributed by atoms with Crippen LogP contribution in [0.2, 0.25) is 0 Å². The van der Waals surface area contributed by atoms with Crippen molar-refractivity contribution < 1.29 is 4.79 Å². The molecule has 0 atom stereocenters. The number of terminal acetylenes is 1. The Kier molecular flexibility index (Phi) is 7.97. The van der Waals surface area contributed by atoms with Gasteiger partial charge in [-0.2, -0.15) is 5.26 Å². The molecule has 0 saturated carbocycles. The molecule has 0 bridgehead atoms. The smallest absolute Gasteiger partial charge is 0.262 e. The Morgan fingerprint density at radius 2 is 1.91 bits per heavy atom. The molecule has 1 amide bonds. The van der Waals surface area contributed by atoms with Crippen LogP contribution >= 0.6 is 0 Å². The maximum atomic E-state index is 12.7. The third-order valence-electron chi connectivity index (χ3n) is 5.82. The average molecular weight is 453 g/mol. The molecule has 34 heavy (non-hydrogen) atoms. The van der Waals surface area contributed by atoms with E-state index in [1.807, 2.05) is 43.8 Å². The second kappa shape index (κ2) is 11.1. The molecule has 1 aliphatic rings. The molecule has 7 heteroatoms. The number of benzene rings is 1. The Morgan fingerprint density at radius 1 is 1.21 bits per heavy atom. The van der Waals surface area contributed by atoms with Gasteiger partial charge < -0.3 is 14.4 Å². The zero-order chi connectivity index (χ0) is 24.7. The van der Waals surface area contributed by atoms with Crippen molar-refractivity contribution in [2.24, 2.45) is 12.0 Å². The number of imidazole rings is 1. The largest absolute Gasteiger partial charge is 0.336 e. The normalized spacial score (nSPS) is 15.3. The summed E-state index contributed by atoms with van der Waals surface area (Å²) < 4.78 is 1.87. The third-order valence-corrected chi connectivity index (χ3v) is 5.82. The van der Waals surface area contributed by atoms with E-state index in [0.29, 0.717) is 35.7 Å². The highest BCUT2D eigenvalue weighted by Crippen LogP contribution is 2.23. The molecule has 0 N–H and O–H groups in total. The summed E-state index contributed by atoms with van der Waals surface area (Å²) in [4.78, 5) is 25.5. The van der Waals surface area contributed by atoms with Gasteiger partial charge in [0.15, 0.2) is 5.82 Å². The van der Waals surface area contributed by atoms with Crippen LogP contribution < -0.4 is 0 Å². The number of amides is 1. The highest BCUT2D eigenvalue weighted by molar-refractivity contribution is 5.98. The van der Waals surface area contributed by atoms with Gasteiger partial charge in [0, 0.05) is 38.8 Å². The Bertz CT molecular complexity index is 1260. The first-order valence-electron chi connectivity index (χ1n) is 10.9. The summed E-state index contributed by atoms with van der Waals surface area (Å²) >= 11 is 0. The highest BCUT2D eigenvalue weighted by Gasteiger charge is 2.20. The zero-order valence-electron chi connectivity index (χ0n) is 19.8. The number of carbonyl (C=O) groups is 1. The van der Waals surface area contributed by atoms with Crippen molar-refractivity contribution in [3.8, 4) is 29.7 Å². The Labute approximate surface area is 201 Å². The number of carbonyl (C=O) groups excluding carboxylic acids is 1. The van der Waals surface area contributed by atoms with Gasteiger partial charge in [0.2, 0.25) is 0 Å². The van der Waals surface area contributed by atoms with E-state index in [1.165, 1.54) is 0 Å². The average Bonchev–Trinajstić information content (AvgIpc) is 3.22. The Morgan fingerprint density at radius 3 is 2.59 bits per heavy atom. The molecule has 1 aromatic carbocycles. The summed E-state index contributed by atoms with van der Waals surface area (Å²) in [5.74, 6) is 3.00. The zero-order valence-corrected chi connectivity index (χ0v) is 19.8. The molecule has 2 heterocycles. The summed E-state index contributed by atoms with van der Waals surface area (Å²) in [6.45, 7) is 8.87. The second-order valence-electron chi connectivity index (χ2n) is 8.09. The van der Waals surface area contributed by atoms with E-state index in [-0.39, 0.29) is 5.91 Å². The van der Waals surface area contributed by atoms with Gasteiger partial charge in [-0.05, 0) is 31.7 Å². The summed E-state index contributed by atoms with van der Waals surface area (Å²) in [6, 6.07) is 9.60. The fourth-order valence-corrected chi connectivity index (χ4v) is 3.50. The van der Waals surface area contributed by atoms with Crippen LogP contribution in [0, 0.1) is 23.7 Å². The van der Waals surface area contributed by atoms with Gasteiger partial charge >= 0.3 is 0 Å².